The summed E-state index contributed by atoms with van der Waals surface area (Å²) >= 11 is 1.93. The van der Waals surface area contributed by atoms with E-state index in [1.807, 2.05) is 285 Å². The standard InChI is InChI=1S/C16H18O2.C16H16S.C14H21NO.C13H18O2.C12H16O2.C11H15NO.C3H8.5C2H6/c1-4-16(2,3)15(17)18-14-10-9-12-7-5-6-8-13(12)11-14;1-3-11(2)12-8-6-9-14-13-7-4-5-10-15(13)17-16(12)14;1-5-12(4)14(16)15-9-13-7-10(2)6-11(3)8-13;1-3-11(2)13(14)15-10-9-12-7-5-4-6-8-12;1-4-12(2,3)11(13)14-10-8-6-5-7-9-10;1-3-9(2)11(13)12-10-7-5-4-6-8-10;1-3-2;5*1-2/h5-11H,4H2,1-3H3;4-11H,3H2,1-2H3;6-8,12H,5,9H2,1-4H3,(H,15,16);4-8,11H,3,9-10H2,1-2H3;5-9H,4H2,1-3H3;4-9H,3H2,1-2H3,(H,12,13);3H2,1-2H3;5*1-2H3. The fraction of sp³-hybridized carbons (Fsp3) is 0.463. The number of hydrogen-bond acceptors (Lipinski definition) is 9. The van der Waals surface area contributed by atoms with E-state index in [2.05, 4.69) is 113 Å². The molecule has 106 heavy (non-hydrogen) atoms. The number of anilines is 1. The molecule has 9 rings (SSSR count). The molecule has 0 radical (unpaired) electrons. The normalized spacial score (nSPS) is 11.1. The van der Waals surface area contributed by atoms with E-state index in [-0.39, 0.29) is 47.5 Å². The van der Waals surface area contributed by atoms with Crippen molar-refractivity contribution in [3.05, 3.63) is 222 Å². The molecule has 8 aromatic carbocycles. The highest BCUT2D eigenvalue weighted by molar-refractivity contribution is 7.26. The van der Waals surface area contributed by atoms with Crippen molar-refractivity contribution in [3.63, 3.8) is 0 Å². The maximum Gasteiger partial charge on any atom is 0.316 e. The first-order valence-corrected chi connectivity index (χ1v) is 40.4. The summed E-state index contributed by atoms with van der Waals surface area (Å²) < 4.78 is 18.7. The third-order valence-corrected chi connectivity index (χ3v) is 18.0. The molecule has 1 heterocycles. The summed E-state index contributed by atoms with van der Waals surface area (Å²) in [5, 5.41) is 10.9. The van der Waals surface area contributed by atoms with Gasteiger partial charge in [-0.1, -0.05) is 322 Å². The first kappa shape index (κ1) is 102. The first-order valence-electron chi connectivity index (χ1n) is 39.6. The third-order valence-electron chi connectivity index (χ3n) is 16.7. The molecule has 0 fully saturated rings. The number of fused-ring (bicyclic) bond motifs is 4. The van der Waals surface area contributed by atoms with Gasteiger partial charge >= 0.3 is 17.9 Å². The molecule has 11 heteroatoms. The molecule has 0 aliphatic rings. The zero-order chi connectivity index (χ0) is 81.2. The molecule has 4 unspecified atom stereocenters. The van der Waals surface area contributed by atoms with Crippen LogP contribution in [0.15, 0.2) is 194 Å². The van der Waals surface area contributed by atoms with Gasteiger partial charge in [-0.15, -0.1) is 11.3 Å². The number of nitrogens with one attached hydrogen (secondary N) is 2. The number of carbonyl (C=O) groups excluding carboxylic acids is 5. The van der Waals surface area contributed by atoms with E-state index in [1.165, 1.54) is 60.8 Å². The minimum atomic E-state index is -0.439. The summed E-state index contributed by atoms with van der Waals surface area (Å²) in [5.74, 6) is 1.85. The van der Waals surface area contributed by atoms with E-state index in [0.717, 1.165) is 55.0 Å². The Balaban J connectivity index is -0.00000117. The molecule has 0 aliphatic carbocycles. The minimum Gasteiger partial charge on any atom is -0.465 e. The predicted molar refractivity (Wildman–Crippen MR) is 463 cm³/mol. The van der Waals surface area contributed by atoms with Gasteiger partial charge in [0.15, 0.2) is 0 Å². The smallest absolute Gasteiger partial charge is 0.316 e. The van der Waals surface area contributed by atoms with Crippen molar-refractivity contribution in [1.82, 2.24) is 5.32 Å². The van der Waals surface area contributed by atoms with Gasteiger partial charge in [-0.05, 0) is 156 Å². The van der Waals surface area contributed by atoms with Crippen LogP contribution in [0.5, 0.6) is 11.5 Å². The molecule has 0 saturated carbocycles. The molecule has 10 nitrogen and oxygen atoms in total. The summed E-state index contributed by atoms with van der Waals surface area (Å²) in [6.45, 7) is 57.4. The summed E-state index contributed by atoms with van der Waals surface area (Å²) in [7, 11) is 0. The second-order valence-corrected chi connectivity index (χ2v) is 26.9. The molecule has 0 aliphatic heterocycles. The molecule has 586 valence electrons. The van der Waals surface area contributed by atoms with Crippen molar-refractivity contribution >= 4 is 77.7 Å². The van der Waals surface area contributed by atoms with Crippen LogP contribution in [0.4, 0.5) is 5.69 Å². The number of carbonyl (C=O) groups is 5. The number of para-hydroxylation sites is 2. The topological polar surface area (TPSA) is 137 Å². The second-order valence-electron chi connectivity index (χ2n) is 25.8. The minimum absolute atomic E-state index is 0.0146. The van der Waals surface area contributed by atoms with Crippen LogP contribution in [0.25, 0.3) is 30.9 Å². The Morgan fingerprint density at radius 2 is 0.877 bits per heavy atom. The monoisotopic (exact) mass is 1470 g/mol. The van der Waals surface area contributed by atoms with E-state index in [4.69, 9.17) is 14.2 Å². The van der Waals surface area contributed by atoms with Crippen molar-refractivity contribution < 1.29 is 38.2 Å². The van der Waals surface area contributed by atoms with Crippen LogP contribution in [-0.4, -0.2) is 36.3 Å². The van der Waals surface area contributed by atoms with Crippen molar-refractivity contribution in [2.45, 2.75) is 258 Å². The number of ether oxygens (including phenoxy) is 3. The lowest BCUT2D eigenvalue weighted by atomic mass is 9.91. The quantitative estimate of drug-likeness (QED) is 0.0569. The van der Waals surface area contributed by atoms with Gasteiger partial charge in [-0.3, -0.25) is 24.0 Å². The zero-order valence-corrected chi connectivity index (χ0v) is 71.8. The van der Waals surface area contributed by atoms with Gasteiger partial charge in [-0.2, -0.15) is 0 Å². The van der Waals surface area contributed by atoms with Gasteiger partial charge in [0.1, 0.15) is 11.5 Å². The number of thiophene rings is 1. The Morgan fingerprint density at radius 1 is 0.434 bits per heavy atom. The molecule has 0 spiro atoms. The fourth-order valence-electron chi connectivity index (χ4n) is 8.79. The van der Waals surface area contributed by atoms with Crippen LogP contribution in [0.1, 0.15) is 259 Å². The van der Waals surface area contributed by atoms with E-state index >= 15 is 0 Å². The van der Waals surface area contributed by atoms with E-state index in [0.29, 0.717) is 30.6 Å². The molecular weight excluding hydrogens is 1330 g/mol. The molecule has 9 aromatic rings. The van der Waals surface area contributed by atoms with Crippen molar-refractivity contribution in [2.75, 3.05) is 11.9 Å². The lowest BCUT2D eigenvalue weighted by Crippen LogP contribution is -2.28. The molecule has 0 bridgehead atoms. The Kier molecular flexibility index (Phi) is 58.3. The maximum absolute atomic E-state index is 12.0. The number of esters is 3. The van der Waals surface area contributed by atoms with Gasteiger partial charge in [0, 0.05) is 50.7 Å². The zero-order valence-electron chi connectivity index (χ0n) is 71.0. The molecule has 2 N–H and O–H groups in total. The highest BCUT2D eigenvalue weighted by atomic mass is 32.1. The average molecular weight is 1470 g/mol. The third kappa shape index (κ3) is 40.3. The lowest BCUT2D eigenvalue weighted by Gasteiger charge is -2.20. The maximum atomic E-state index is 12.0. The molecule has 4 atom stereocenters. The molecular formula is C95H142N2O8S. The van der Waals surface area contributed by atoms with Gasteiger partial charge in [0.25, 0.3) is 0 Å². The second kappa shape index (κ2) is 60.7. The summed E-state index contributed by atoms with van der Waals surface area (Å²) in [5.41, 5.74) is 6.39. The summed E-state index contributed by atoms with van der Waals surface area (Å²) in [6, 6.07) is 64.3. The number of amides is 2. The van der Waals surface area contributed by atoms with E-state index < -0.39 is 10.8 Å². The average Bonchev–Trinajstić information content (AvgIpc) is 1.62. The van der Waals surface area contributed by atoms with Gasteiger partial charge in [0.05, 0.1) is 23.4 Å². The Hall–Kier alpha value is -8.41. The molecule has 0 saturated heterocycles. The Morgan fingerprint density at radius 3 is 1.38 bits per heavy atom. The van der Waals surface area contributed by atoms with E-state index in [9.17, 15) is 24.0 Å². The Labute approximate surface area is 649 Å². The van der Waals surface area contributed by atoms with Crippen LogP contribution in [0.2, 0.25) is 0 Å². The predicted octanol–water partition coefficient (Wildman–Crippen LogP) is 27.8. The van der Waals surface area contributed by atoms with Crippen LogP contribution >= 0.6 is 11.3 Å². The number of hydrogen-bond donors (Lipinski definition) is 2. The first-order chi connectivity index (χ1) is 50.8. The van der Waals surface area contributed by atoms with Crippen LogP contribution < -0.4 is 20.1 Å². The van der Waals surface area contributed by atoms with Crippen molar-refractivity contribution in [1.29, 1.82) is 0 Å². The SMILES string of the molecule is CC.CC.CC.CC.CC.CCC.CCC(C)(C)C(=O)Oc1ccc2ccccc2c1.CCC(C)(C)C(=O)Oc1ccccc1.CCC(C)C(=O)NCc1cc(C)cc(C)c1.CCC(C)C(=O)Nc1ccccc1.CCC(C)C(=O)OCCc1ccccc1.CCC(C)c1cccc2c1sc1ccccc12. The molecule has 2 amide bonds. The molecule has 1 aromatic heterocycles. The number of benzene rings is 8. The number of rotatable bonds is 20. The van der Waals surface area contributed by atoms with Crippen molar-refractivity contribution in [2.24, 2.45) is 28.6 Å². The van der Waals surface area contributed by atoms with Gasteiger partial charge in [0.2, 0.25) is 11.8 Å². The van der Waals surface area contributed by atoms with Crippen LogP contribution in [-0.2, 0) is 41.7 Å². The summed E-state index contributed by atoms with van der Waals surface area (Å²) in [4.78, 5) is 58.0. The van der Waals surface area contributed by atoms with E-state index in [1.54, 1.807) is 12.1 Å². The van der Waals surface area contributed by atoms with Crippen LogP contribution in [0.3, 0.4) is 0 Å². The summed E-state index contributed by atoms with van der Waals surface area (Å²) in [6.07, 6.45) is 7.38. The Bertz CT molecular complexity index is 3710. The van der Waals surface area contributed by atoms with Crippen molar-refractivity contribution in [3.8, 4) is 11.5 Å². The fourth-order valence-corrected chi connectivity index (χ4v) is 10.1. The number of aryl methyl sites for hydroxylation is 2. The largest absolute Gasteiger partial charge is 0.465 e. The highest BCUT2D eigenvalue weighted by Gasteiger charge is 2.28. The lowest BCUT2D eigenvalue weighted by molar-refractivity contribution is -0.148. The highest BCUT2D eigenvalue weighted by Crippen LogP contribution is 2.39. The van der Waals surface area contributed by atoms with Gasteiger partial charge in [-0.25, -0.2) is 0 Å². The van der Waals surface area contributed by atoms with Crippen LogP contribution in [0, 0.1) is 42.4 Å². The van der Waals surface area contributed by atoms with Gasteiger partial charge < -0.3 is 24.8 Å².